The molecule has 0 atom stereocenters. The third-order valence-electron chi connectivity index (χ3n) is 6.93. The van der Waals surface area contributed by atoms with Gasteiger partial charge in [0.25, 0.3) is 0 Å². The predicted octanol–water partition coefficient (Wildman–Crippen LogP) is 6.68. The van der Waals surface area contributed by atoms with Crippen LogP contribution in [-0.2, 0) is 11.2 Å². The largest absolute Gasteiger partial charge is 0.465 e. The van der Waals surface area contributed by atoms with E-state index in [0.717, 1.165) is 27.9 Å². The van der Waals surface area contributed by atoms with Gasteiger partial charge in [-0.3, -0.25) is 4.98 Å². The maximum Gasteiger partial charge on any atom is 0.337 e. The number of fused-ring (bicyclic) bond motifs is 1. The number of benzene rings is 1. The number of carbonyl (C=O) groups is 1. The molecule has 0 spiro atoms. The van der Waals surface area contributed by atoms with Gasteiger partial charge in [-0.2, -0.15) is 0 Å². The molecule has 1 aliphatic rings. The number of esters is 1. The van der Waals surface area contributed by atoms with E-state index in [4.69, 9.17) is 14.2 Å². The van der Waals surface area contributed by atoms with E-state index in [2.05, 4.69) is 5.16 Å². The summed E-state index contributed by atoms with van der Waals surface area (Å²) in [6.45, 7) is 3.53. The lowest BCUT2D eigenvalue weighted by Crippen LogP contribution is -2.27. The van der Waals surface area contributed by atoms with Crippen LogP contribution in [0, 0.1) is 19.8 Å². The summed E-state index contributed by atoms with van der Waals surface area (Å²) < 4.78 is 44.7. The number of halogens is 1. The Kier molecular flexibility index (Phi) is 5.33. The number of hydrogen-bond acceptors (Lipinski definition) is 5. The first kappa shape index (κ1) is 20.9. The molecule has 0 aliphatic heterocycles. The van der Waals surface area contributed by atoms with Crippen molar-refractivity contribution in [3.63, 3.8) is 0 Å². The Morgan fingerprint density at radius 2 is 1.97 bits per heavy atom. The van der Waals surface area contributed by atoms with Crippen molar-refractivity contribution in [2.45, 2.75) is 58.6 Å². The van der Waals surface area contributed by atoms with E-state index in [0.29, 0.717) is 48.0 Å². The SMILES string of the molecule is [2H]C([2H])(C1CCC(C)(F)CC1)n1cc(-c2ccc(C(=O)OC)cc2)c2ncc(-c3c(C)noc3C)cc21. The molecule has 0 N–H and O–H groups in total. The van der Waals surface area contributed by atoms with Crippen LogP contribution >= 0.6 is 0 Å². The Balaban J connectivity index is 1.66. The van der Waals surface area contributed by atoms with E-state index in [9.17, 15) is 11.9 Å². The maximum atomic E-state index is 14.5. The monoisotopic (exact) mass is 477 g/mol. The lowest BCUT2D eigenvalue weighted by Gasteiger charge is -2.31. The predicted molar refractivity (Wildman–Crippen MR) is 133 cm³/mol. The normalized spacial score (nSPS) is 21.6. The molecule has 0 bridgehead atoms. The summed E-state index contributed by atoms with van der Waals surface area (Å²) in [7, 11) is 1.34. The molecule has 182 valence electrons. The lowest BCUT2D eigenvalue weighted by molar-refractivity contribution is 0.0600. The number of methoxy groups -OCH3 is 1. The number of aromatic nitrogens is 3. The number of ether oxygens (including phenoxy) is 1. The second-order valence-corrected chi connectivity index (χ2v) is 9.59. The average molecular weight is 478 g/mol. The lowest BCUT2D eigenvalue weighted by atomic mass is 9.81. The van der Waals surface area contributed by atoms with Crippen molar-refractivity contribution in [1.29, 1.82) is 0 Å². The Morgan fingerprint density at radius 1 is 1.26 bits per heavy atom. The molecular formula is C28H30FN3O3. The molecule has 4 aromatic rings. The van der Waals surface area contributed by atoms with Gasteiger partial charge < -0.3 is 13.8 Å². The number of hydrogen-bond donors (Lipinski definition) is 0. The maximum absolute atomic E-state index is 14.5. The van der Waals surface area contributed by atoms with Crippen LogP contribution in [0.25, 0.3) is 33.3 Å². The Labute approximate surface area is 206 Å². The summed E-state index contributed by atoms with van der Waals surface area (Å²) >= 11 is 0. The van der Waals surface area contributed by atoms with Crippen LogP contribution in [0.2, 0.25) is 0 Å². The summed E-state index contributed by atoms with van der Waals surface area (Å²) in [5.74, 6) is -0.109. The van der Waals surface area contributed by atoms with Gasteiger partial charge in [-0.25, -0.2) is 9.18 Å². The van der Waals surface area contributed by atoms with Crippen molar-refractivity contribution in [2.24, 2.45) is 5.92 Å². The van der Waals surface area contributed by atoms with Crippen LogP contribution in [0.15, 0.2) is 47.2 Å². The smallest absolute Gasteiger partial charge is 0.337 e. The number of alkyl halides is 1. The zero-order chi connectivity index (χ0) is 26.5. The van der Waals surface area contributed by atoms with Crippen molar-refractivity contribution >= 4 is 17.0 Å². The van der Waals surface area contributed by atoms with Gasteiger partial charge >= 0.3 is 5.97 Å². The highest BCUT2D eigenvalue weighted by Crippen LogP contribution is 2.38. The minimum Gasteiger partial charge on any atom is -0.465 e. The van der Waals surface area contributed by atoms with E-state index in [1.807, 2.05) is 19.9 Å². The number of pyridine rings is 1. The van der Waals surface area contributed by atoms with Crippen molar-refractivity contribution in [3.8, 4) is 22.3 Å². The first-order valence-electron chi connectivity index (χ1n) is 12.8. The minimum atomic E-state index is -1.77. The van der Waals surface area contributed by atoms with Gasteiger partial charge in [-0.15, -0.1) is 0 Å². The van der Waals surface area contributed by atoms with Gasteiger partial charge in [-0.1, -0.05) is 17.3 Å². The first-order chi connectivity index (χ1) is 17.5. The molecule has 0 saturated heterocycles. The molecule has 5 rings (SSSR count). The molecule has 6 nitrogen and oxygen atoms in total. The number of carbonyl (C=O) groups excluding carboxylic acids is 1. The van der Waals surface area contributed by atoms with Crippen molar-refractivity contribution in [1.82, 2.24) is 14.7 Å². The fourth-order valence-electron chi connectivity index (χ4n) is 4.90. The van der Waals surface area contributed by atoms with Gasteiger partial charge in [0.1, 0.15) is 11.4 Å². The van der Waals surface area contributed by atoms with E-state index >= 15 is 0 Å². The van der Waals surface area contributed by atoms with Crippen LogP contribution in [-0.4, -0.2) is 33.5 Å². The molecule has 7 heteroatoms. The van der Waals surface area contributed by atoms with Gasteiger partial charge in [0, 0.05) is 35.6 Å². The minimum absolute atomic E-state index is 0.334. The summed E-state index contributed by atoms with van der Waals surface area (Å²) in [5, 5.41) is 4.06. The van der Waals surface area contributed by atoms with Gasteiger partial charge in [0.15, 0.2) is 0 Å². The van der Waals surface area contributed by atoms with Gasteiger partial charge in [0.05, 0.1) is 32.1 Å². The zero-order valence-electron chi connectivity index (χ0n) is 22.4. The zero-order valence-corrected chi connectivity index (χ0v) is 20.4. The Morgan fingerprint density at radius 3 is 2.60 bits per heavy atom. The van der Waals surface area contributed by atoms with Crippen molar-refractivity contribution in [3.05, 3.63) is 59.7 Å². The molecule has 1 fully saturated rings. The highest BCUT2D eigenvalue weighted by molar-refractivity contribution is 5.96. The van der Waals surface area contributed by atoms with Crippen molar-refractivity contribution < 1.29 is 21.2 Å². The quantitative estimate of drug-likeness (QED) is 0.300. The van der Waals surface area contributed by atoms with Crippen LogP contribution in [0.5, 0.6) is 0 Å². The molecule has 0 unspecified atom stereocenters. The van der Waals surface area contributed by atoms with Gasteiger partial charge in [0.2, 0.25) is 0 Å². The fourth-order valence-corrected chi connectivity index (χ4v) is 4.90. The Bertz CT molecular complexity index is 1440. The summed E-state index contributed by atoms with van der Waals surface area (Å²) in [6.07, 6.45) is 5.11. The third-order valence-corrected chi connectivity index (χ3v) is 6.93. The number of rotatable bonds is 5. The third kappa shape index (κ3) is 4.47. The molecule has 3 heterocycles. The van der Waals surface area contributed by atoms with Crippen molar-refractivity contribution in [2.75, 3.05) is 7.11 Å². The van der Waals surface area contributed by atoms with Crippen LogP contribution in [0.1, 0.15) is 57.2 Å². The molecule has 1 aliphatic carbocycles. The molecule has 1 saturated carbocycles. The van der Waals surface area contributed by atoms with Crippen LogP contribution < -0.4 is 0 Å². The molecule has 1 aromatic carbocycles. The average Bonchev–Trinajstić information content (AvgIpc) is 3.42. The van der Waals surface area contributed by atoms with E-state index in [1.54, 1.807) is 48.1 Å². The standard InChI is InChI=1S/C28H30FN3O3/c1-17-25(18(2)35-31-17)22-13-24-26(30-14-22)23(20-5-7-21(8-6-20)27(33)34-4)16-32(24)15-19-9-11-28(3,29)12-10-19/h5-8,13-14,16,19H,9-12,15H2,1-4H3/i15D2. The van der Waals surface area contributed by atoms with Crippen LogP contribution in [0.4, 0.5) is 4.39 Å². The fraction of sp³-hybridized carbons (Fsp3) is 0.393. The van der Waals surface area contributed by atoms with E-state index < -0.39 is 18.1 Å². The molecule has 0 radical (unpaired) electrons. The number of nitrogens with zero attached hydrogens (tertiary/aromatic N) is 3. The van der Waals surface area contributed by atoms with Crippen LogP contribution in [0.3, 0.4) is 0 Å². The summed E-state index contributed by atoms with van der Waals surface area (Å²) in [4.78, 5) is 16.7. The molecule has 0 amide bonds. The van der Waals surface area contributed by atoms with E-state index in [1.165, 1.54) is 7.11 Å². The molecule has 35 heavy (non-hydrogen) atoms. The molecule has 3 aromatic heterocycles. The summed E-state index contributed by atoms with van der Waals surface area (Å²) in [5.41, 5.74) is 4.32. The second-order valence-electron chi connectivity index (χ2n) is 9.59. The highest BCUT2D eigenvalue weighted by Gasteiger charge is 2.31. The second kappa shape index (κ2) is 8.95. The highest BCUT2D eigenvalue weighted by atomic mass is 19.1. The Hall–Kier alpha value is -3.48. The molecular weight excluding hydrogens is 445 g/mol. The topological polar surface area (TPSA) is 70.2 Å². The summed E-state index contributed by atoms with van der Waals surface area (Å²) in [6, 6.07) is 8.89. The van der Waals surface area contributed by atoms with E-state index in [-0.39, 0.29) is 5.92 Å². The number of aryl methyl sites for hydroxylation is 2. The first-order valence-corrected chi connectivity index (χ1v) is 11.8. The van der Waals surface area contributed by atoms with Gasteiger partial charge in [-0.05, 0) is 76.1 Å².